The molecule has 2 N–H and O–H groups in total. The highest BCUT2D eigenvalue weighted by molar-refractivity contribution is 5.89. The quantitative estimate of drug-likeness (QED) is 0.398. The molecule has 2 aliphatic rings. The summed E-state index contributed by atoms with van der Waals surface area (Å²) < 4.78 is 55.3. The van der Waals surface area contributed by atoms with E-state index in [9.17, 15) is 22.8 Å². The number of hydrogen-bond acceptors (Lipinski definition) is 6. The van der Waals surface area contributed by atoms with Crippen LogP contribution >= 0.6 is 0 Å². The first-order chi connectivity index (χ1) is 17.2. The third kappa shape index (κ3) is 5.65. The van der Waals surface area contributed by atoms with E-state index in [4.69, 9.17) is 14.2 Å². The Morgan fingerprint density at radius 2 is 1.67 bits per heavy atom. The van der Waals surface area contributed by atoms with Gasteiger partial charge in [-0.15, -0.1) is 0 Å². The van der Waals surface area contributed by atoms with E-state index in [0.717, 1.165) is 24.5 Å². The molecule has 4 rings (SSSR count). The van der Waals surface area contributed by atoms with Gasteiger partial charge in [-0.05, 0) is 55.5 Å². The highest BCUT2D eigenvalue weighted by Crippen LogP contribution is 2.46. The zero-order valence-electron chi connectivity index (χ0n) is 20.0. The van der Waals surface area contributed by atoms with Gasteiger partial charge in [0.15, 0.2) is 0 Å². The van der Waals surface area contributed by atoms with Gasteiger partial charge in [-0.25, -0.2) is 4.79 Å². The molecule has 0 aromatic heterocycles. The molecule has 10 heteroatoms. The second kappa shape index (κ2) is 10.5. The molecule has 194 valence electrons. The van der Waals surface area contributed by atoms with Crippen LogP contribution in [0.5, 0.6) is 5.75 Å². The number of ether oxygens (including phenoxy) is 3. The lowest BCUT2D eigenvalue weighted by molar-refractivity contribution is -0.139. The lowest BCUT2D eigenvalue weighted by Gasteiger charge is -2.38. The maximum atomic E-state index is 13.5. The maximum absolute atomic E-state index is 13.5. The Hall–Kier alpha value is -3.11. The fraction of sp³-hybridized carbons (Fsp3) is 0.462. The summed E-state index contributed by atoms with van der Waals surface area (Å²) >= 11 is 0. The summed E-state index contributed by atoms with van der Waals surface area (Å²) in [6, 6.07) is 12.0. The molecule has 7 nitrogen and oxygen atoms in total. The fourth-order valence-electron chi connectivity index (χ4n) is 4.47. The Kier molecular flexibility index (Phi) is 7.56. The predicted octanol–water partition coefficient (Wildman–Crippen LogP) is 3.82. The van der Waals surface area contributed by atoms with Crippen LogP contribution in [0.15, 0.2) is 48.5 Å². The Morgan fingerprint density at radius 1 is 1.00 bits per heavy atom. The normalized spacial score (nSPS) is 18.2. The lowest BCUT2D eigenvalue weighted by atomic mass is 9.88. The van der Waals surface area contributed by atoms with Gasteiger partial charge in [0.05, 0.1) is 23.8 Å². The van der Waals surface area contributed by atoms with Crippen molar-refractivity contribution in [2.45, 2.75) is 42.9 Å². The molecule has 2 aromatic rings. The average molecular weight is 507 g/mol. The van der Waals surface area contributed by atoms with Gasteiger partial charge in [0, 0.05) is 19.8 Å². The molecule has 1 aliphatic carbocycles. The Morgan fingerprint density at radius 3 is 2.28 bits per heavy atom. The first-order valence-electron chi connectivity index (χ1n) is 11.8. The third-order valence-corrected chi connectivity index (χ3v) is 6.76. The van der Waals surface area contributed by atoms with Crippen LogP contribution in [0.2, 0.25) is 0 Å². The Labute approximate surface area is 207 Å². The molecule has 0 unspecified atom stereocenters. The molecule has 1 heterocycles. The van der Waals surface area contributed by atoms with Crippen molar-refractivity contribution >= 4 is 11.9 Å². The van der Waals surface area contributed by atoms with Gasteiger partial charge < -0.3 is 19.5 Å². The largest absolute Gasteiger partial charge is 0.492 e. The fourth-order valence-corrected chi connectivity index (χ4v) is 4.47. The summed E-state index contributed by atoms with van der Waals surface area (Å²) in [7, 11) is 1.32. The van der Waals surface area contributed by atoms with E-state index in [1.54, 1.807) is 12.1 Å². The first kappa shape index (κ1) is 26.0. The Bertz CT molecular complexity index is 1080. The number of nitrogens with one attached hydrogen (secondary N) is 2. The third-order valence-electron chi connectivity index (χ3n) is 6.76. The van der Waals surface area contributed by atoms with E-state index in [2.05, 4.69) is 10.6 Å². The number of benzene rings is 2. The van der Waals surface area contributed by atoms with E-state index >= 15 is 0 Å². The van der Waals surface area contributed by atoms with Gasteiger partial charge in [0.25, 0.3) is 0 Å². The lowest BCUT2D eigenvalue weighted by Crippen LogP contribution is -2.61. The number of amides is 1. The zero-order chi connectivity index (χ0) is 25.8. The van der Waals surface area contributed by atoms with Gasteiger partial charge in [-0.2, -0.15) is 13.2 Å². The molecule has 0 atom stereocenters. The van der Waals surface area contributed by atoms with E-state index in [1.165, 1.54) is 25.3 Å². The van der Waals surface area contributed by atoms with Crippen molar-refractivity contribution in [2.75, 3.05) is 33.5 Å². The van der Waals surface area contributed by atoms with E-state index in [-0.39, 0.29) is 24.8 Å². The van der Waals surface area contributed by atoms with Gasteiger partial charge in [0.2, 0.25) is 5.91 Å². The van der Waals surface area contributed by atoms with Gasteiger partial charge in [-0.1, -0.05) is 24.3 Å². The van der Waals surface area contributed by atoms with Crippen molar-refractivity contribution in [3.63, 3.8) is 0 Å². The van der Waals surface area contributed by atoms with Crippen molar-refractivity contribution in [1.82, 2.24) is 10.6 Å². The first-order valence-corrected chi connectivity index (χ1v) is 11.8. The van der Waals surface area contributed by atoms with Gasteiger partial charge >= 0.3 is 12.1 Å². The number of rotatable bonds is 9. The summed E-state index contributed by atoms with van der Waals surface area (Å²) in [5.41, 5.74) is -0.943. The van der Waals surface area contributed by atoms with Crippen LogP contribution in [-0.4, -0.2) is 50.9 Å². The van der Waals surface area contributed by atoms with Crippen LogP contribution < -0.4 is 15.4 Å². The van der Waals surface area contributed by atoms with Crippen molar-refractivity contribution in [2.24, 2.45) is 0 Å². The van der Waals surface area contributed by atoms with E-state index in [0.29, 0.717) is 31.6 Å². The molecular formula is C26H29F3N2O5. The van der Waals surface area contributed by atoms with Crippen LogP contribution in [0.25, 0.3) is 0 Å². The molecule has 0 radical (unpaired) electrons. The van der Waals surface area contributed by atoms with Crippen molar-refractivity contribution in [3.8, 4) is 5.75 Å². The maximum Gasteiger partial charge on any atom is 0.419 e. The van der Waals surface area contributed by atoms with Gasteiger partial charge in [0.1, 0.15) is 17.9 Å². The van der Waals surface area contributed by atoms with Crippen molar-refractivity contribution in [1.29, 1.82) is 0 Å². The smallest absolute Gasteiger partial charge is 0.419 e. The topological polar surface area (TPSA) is 85.9 Å². The van der Waals surface area contributed by atoms with Gasteiger partial charge in [-0.3, -0.25) is 10.1 Å². The summed E-state index contributed by atoms with van der Waals surface area (Å²) in [6.45, 7) is 0.918. The summed E-state index contributed by atoms with van der Waals surface area (Å²) in [6.07, 6.45) is -2.13. The van der Waals surface area contributed by atoms with Crippen LogP contribution in [0.3, 0.4) is 0 Å². The van der Waals surface area contributed by atoms with Crippen LogP contribution in [-0.2, 0) is 26.0 Å². The standard InChI is InChI=1S/C26H29F3N2O5/c1-34-22(32)18-6-8-19(9-7-18)24(10-11-24)31-23(33)25(12-15-35-16-13-25)30-14-17-36-21-5-3-2-4-20(21)26(27,28)29/h2-9,30H,10-17H2,1H3,(H,31,33). The predicted molar refractivity (Wildman–Crippen MR) is 125 cm³/mol. The summed E-state index contributed by atoms with van der Waals surface area (Å²) in [5.74, 6) is -0.860. The number of alkyl halides is 3. The van der Waals surface area contributed by atoms with Crippen molar-refractivity contribution < 1.29 is 37.0 Å². The molecule has 1 aliphatic heterocycles. The summed E-state index contributed by atoms with van der Waals surface area (Å²) in [5, 5.41) is 6.42. The van der Waals surface area contributed by atoms with Crippen LogP contribution in [0, 0.1) is 0 Å². The minimum atomic E-state index is -4.51. The number of carbonyl (C=O) groups excluding carboxylic acids is 2. The molecule has 0 spiro atoms. The second-order valence-electron chi connectivity index (χ2n) is 9.07. The minimum absolute atomic E-state index is 0.0386. The van der Waals surface area contributed by atoms with Crippen molar-refractivity contribution in [3.05, 3.63) is 65.2 Å². The number of halogens is 3. The SMILES string of the molecule is COC(=O)c1ccc(C2(NC(=O)C3(NCCOc4ccccc4C(F)(F)F)CCOCC3)CC2)cc1. The molecule has 1 amide bonds. The molecule has 2 aromatic carbocycles. The van der Waals surface area contributed by atoms with E-state index < -0.39 is 28.8 Å². The molecule has 0 bridgehead atoms. The monoisotopic (exact) mass is 506 g/mol. The summed E-state index contributed by atoms with van der Waals surface area (Å²) in [4.78, 5) is 25.2. The number of methoxy groups -OCH3 is 1. The second-order valence-corrected chi connectivity index (χ2v) is 9.07. The molecule has 2 fully saturated rings. The van der Waals surface area contributed by atoms with Crippen LogP contribution in [0.1, 0.15) is 47.2 Å². The highest BCUT2D eigenvalue weighted by atomic mass is 19.4. The minimum Gasteiger partial charge on any atom is -0.492 e. The number of hydrogen-bond donors (Lipinski definition) is 2. The zero-order valence-corrected chi connectivity index (χ0v) is 20.0. The highest BCUT2D eigenvalue weighted by Gasteiger charge is 2.50. The van der Waals surface area contributed by atoms with E-state index in [1.807, 2.05) is 12.1 Å². The molecular weight excluding hydrogens is 477 g/mol. The number of esters is 1. The number of carbonyl (C=O) groups is 2. The Balaban J connectivity index is 1.40. The molecule has 36 heavy (non-hydrogen) atoms. The number of para-hydroxylation sites is 1. The van der Waals surface area contributed by atoms with Crippen LogP contribution in [0.4, 0.5) is 13.2 Å². The average Bonchev–Trinajstić information content (AvgIpc) is 3.67. The molecule has 1 saturated heterocycles. The molecule has 1 saturated carbocycles.